The Morgan fingerprint density at radius 1 is 1.38 bits per heavy atom. The molecule has 4 heteroatoms. The second kappa shape index (κ2) is 4.92. The van der Waals surface area contributed by atoms with Gasteiger partial charge in [0.15, 0.2) is 0 Å². The summed E-state index contributed by atoms with van der Waals surface area (Å²) in [6, 6.07) is 5.48. The summed E-state index contributed by atoms with van der Waals surface area (Å²) in [7, 11) is 0. The Morgan fingerprint density at radius 3 is 2.81 bits per heavy atom. The minimum Gasteiger partial charge on any atom is -0.472 e. The smallest absolute Gasteiger partial charge is 0.0960 e. The Hall–Kier alpha value is -1.65. The quantitative estimate of drug-likeness (QED) is 0.814. The average Bonchev–Trinajstić information content (AvgIpc) is 2.85. The Labute approximate surface area is 93.7 Å². The van der Waals surface area contributed by atoms with Crippen molar-refractivity contribution >= 4 is 0 Å². The molecule has 2 atom stereocenters. The van der Waals surface area contributed by atoms with Crippen LogP contribution in [0.25, 0.3) is 0 Å². The summed E-state index contributed by atoms with van der Waals surface area (Å²) >= 11 is 0. The van der Waals surface area contributed by atoms with Crippen LogP contribution in [0.2, 0.25) is 0 Å². The van der Waals surface area contributed by atoms with E-state index in [1.54, 1.807) is 18.5 Å². The van der Waals surface area contributed by atoms with Gasteiger partial charge in [-0.1, -0.05) is 6.07 Å². The topological polar surface area (TPSA) is 72.3 Å². The van der Waals surface area contributed by atoms with Gasteiger partial charge in [-0.05, 0) is 17.7 Å². The van der Waals surface area contributed by atoms with Crippen LogP contribution in [-0.2, 0) is 0 Å². The van der Waals surface area contributed by atoms with Gasteiger partial charge in [0, 0.05) is 30.4 Å². The van der Waals surface area contributed by atoms with Crippen LogP contribution in [-0.4, -0.2) is 16.6 Å². The van der Waals surface area contributed by atoms with Gasteiger partial charge in [-0.15, -0.1) is 0 Å². The van der Waals surface area contributed by atoms with Crippen molar-refractivity contribution in [1.82, 2.24) is 4.98 Å². The number of nitrogens with zero attached hydrogens (tertiary/aromatic N) is 1. The van der Waals surface area contributed by atoms with Crippen molar-refractivity contribution in [2.45, 2.75) is 12.0 Å². The molecule has 3 N–H and O–H groups in total. The molecule has 0 aromatic carbocycles. The summed E-state index contributed by atoms with van der Waals surface area (Å²) in [5.74, 6) is -0.161. The maximum Gasteiger partial charge on any atom is 0.0960 e. The molecule has 2 aromatic rings. The monoisotopic (exact) mass is 218 g/mol. The molecule has 0 bridgehead atoms. The molecule has 0 spiro atoms. The third-order valence-electron chi connectivity index (χ3n) is 2.63. The zero-order valence-corrected chi connectivity index (χ0v) is 8.78. The van der Waals surface area contributed by atoms with Crippen LogP contribution in [0.15, 0.2) is 47.5 Å². The van der Waals surface area contributed by atoms with Crippen molar-refractivity contribution in [1.29, 1.82) is 0 Å². The number of pyridine rings is 1. The summed E-state index contributed by atoms with van der Waals surface area (Å²) in [6.45, 7) is 0.359. The molecule has 0 saturated carbocycles. The van der Waals surface area contributed by atoms with Crippen LogP contribution in [0.3, 0.4) is 0 Å². The minimum atomic E-state index is -0.659. The standard InChI is InChI=1S/C12H14N2O2/c13-6-11(9-2-1-4-14-7-9)12(15)10-3-5-16-8-10/h1-5,7-8,11-12,15H,6,13H2. The molecule has 0 aliphatic heterocycles. The molecule has 2 unspecified atom stereocenters. The maximum atomic E-state index is 10.2. The lowest BCUT2D eigenvalue weighted by Gasteiger charge is -2.20. The SMILES string of the molecule is NCC(c1cccnc1)C(O)c1ccoc1. The third kappa shape index (κ3) is 2.13. The third-order valence-corrected chi connectivity index (χ3v) is 2.63. The summed E-state index contributed by atoms with van der Waals surface area (Å²) in [5.41, 5.74) is 7.36. The van der Waals surface area contributed by atoms with Gasteiger partial charge >= 0.3 is 0 Å². The summed E-state index contributed by atoms with van der Waals surface area (Å²) < 4.78 is 4.95. The number of furan rings is 1. The molecule has 0 radical (unpaired) electrons. The molecular weight excluding hydrogens is 204 g/mol. The number of nitrogens with two attached hydrogens (primary N) is 1. The normalized spacial score (nSPS) is 14.6. The summed E-state index contributed by atoms with van der Waals surface area (Å²) in [4.78, 5) is 4.03. The van der Waals surface area contributed by atoms with Gasteiger partial charge in [0.1, 0.15) is 0 Å². The highest BCUT2D eigenvalue weighted by Gasteiger charge is 2.22. The Kier molecular flexibility index (Phi) is 3.34. The lowest BCUT2D eigenvalue weighted by molar-refractivity contribution is 0.146. The summed E-state index contributed by atoms with van der Waals surface area (Å²) in [6.07, 6.45) is 5.83. The molecule has 4 nitrogen and oxygen atoms in total. The number of aliphatic hydroxyl groups excluding tert-OH is 1. The fourth-order valence-electron chi connectivity index (χ4n) is 1.72. The van der Waals surface area contributed by atoms with Crippen molar-refractivity contribution in [3.63, 3.8) is 0 Å². The Bertz CT molecular complexity index is 414. The van der Waals surface area contributed by atoms with Crippen LogP contribution in [0.1, 0.15) is 23.1 Å². The van der Waals surface area contributed by atoms with Gasteiger partial charge in [0.05, 0.1) is 18.6 Å². The minimum absolute atomic E-state index is 0.161. The highest BCUT2D eigenvalue weighted by atomic mass is 16.3. The van der Waals surface area contributed by atoms with Crippen molar-refractivity contribution in [2.24, 2.45) is 5.73 Å². The van der Waals surface area contributed by atoms with E-state index in [-0.39, 0.29) is 5.92 Å². The van der Waals surface area contributed by atoms with E-state index in [9.17, 15) is 5.11 Å². The van der Waals surface area contributed by atoms with Gasteiger partial charge in [0.2, 0.25) is 0 Å². The van der Waals surface area contributed by atoms with E-state index in [0.29, 0.717) is 6.54 Å². The first kappa shape index (κ1) is 10.9. The second-order valence-electron chi connectivity index (χ2n) is 3.63. The molecule has 2 heterocycles. The van der Waals surface area contributed by atoms with Crippen LogP contribution in [0.5, 0.6) is 0 Å². The second-order valence-corrected chi connectivity index (χ2v) is 3.63. The molecule has 0 aliphatic rings. The molecule has 2 aromatic heterocycles. The predicted octanol–water partition coefficient (Wildman–Crippen LogP) is 1.45. The fraction of sp³-hybridized carbons (Fsp3) is 0.250. The van der Waals surface area contributed by atoms with Gasteiger partial charge in [-0.25, -0.2) is 0 Å². The predicted molar refractivity (Wildman–Crippen MR) is 59.7 cm³/mol. The molecular formula is C12H14N2O2. The Balaban J connectivity index is 2.23. The van der Waals surface area contributed by atoms with Crippen molar-refractivity contribution < 1.29 is 9.52 Å². The van der Waals surface area contributed by atoms with Crippen molar-refractivity contribution in [3.05, 3.63) is 54.2 Å². The number of rotatable bonds is 4. The molecule has 0 fully saturated rings. The number of hydrogen-bond acceptors (Lipinski definition) is 4. The van der Waals surface area contributed by atoms with Gasteiger partial charge < -0.3 is 15.3 Å². The van der Waals surface area contributed by atoms with E-state index in [0.717, 1.165) is 11.1 Å². The largest absolute Gasteiger partial charge is 0.472 e. The average molecular weight is 218 g/mol. The number of hydrogen-bond donors (Lipinski definition) is 2. The van der Waals surface area contributed by atoms with Crippen LogP contribution >= 0.6 is 0 Å². The molecule has 16 heavy (non-hydrogen) atoms. The highest BCUT2D eigenvalue weighted by Crippen LogP contribution is 2.29. The zero-order valence-electron chi connectivity index (χ0n) is 8.78. The molecule has 2 rings (SSSR count). The summed E-state index contributed by atoms with van der Waals surface area (Å²) in [5, 5.41) is 10.2. The Morgan fingerprint density at radius 2 is 2.25 bits per heavy atom. The molecule has 0 aliphatic carbocycles. The first-order valence-electron chi connectivity index (χ1n) is 5.13. The van der Waals surface area contributed by atoms with E-state index in [2.05, 4.69) is 4.98 Å². The van der Waals surface area contributed by atoms with Gasteiger partial charge in [-0.3, -0.25) is 4.98 Å². The lowest BCUT2D eigenvalue weighted by Crippen LogP contribution is -2.19. The van der Waals surface area contributed by atoms with E-state index < -0.39 is 6.10 Å². The van der Waals surface area contributed by atoms with Crippen LogP contribution in [0.4, 0.5) is 0 Å². The molecule has 0 saturated heterocycles. The van der Waals surface area contributed by atoms with E-state index in [4.69, 9.17) is 10.2 Å². The number of aromatic nitrogens is 1. The number of aliphatic hydroxyl groups is 1. The van der Waals surface area contributed by atoms with Gasteiger partial charge in [0.25, 0.3) is 0 Å². The van der Waals surface area contributed by atoms with E-state index in [1.165, 1.54) is 12.5 Å². The van der Waals surface area contributed by atoms with Gasteiger partial charge in [-0.2, -0.15) is 0 Å². The maximum absolute atomic E-state index is 10.2. The lowest BCUT2D eigenvalue weighted by atomic mass is 9.91. The zero-order chi connectivity index (χ0) is 11.4. The van der Waals surface area contributed by atoms with Crippen molar-refractivity contribution in [3.8, 4) is 0 Å². The fourth-order valence-corrected chi connectivity index (χ4v) is 1.72. The highest BCUT2D eigenvalue weighted by molar-refractivity contribution is 5.22. The molecule has 84 valence electrons. The first-order chi connectivity index (χ1) is 7.83. The van der Waals surface area contributed by atoms with Crippen LogP contribution < -0.4 is 5.73 Å². The van der Waals surface area contributed by atoms with E-state index >= 15 is 0 Å². The molecule has 0 amide bonds. The van der Waals surface area contributed by atoms with E-state index in [1.807, 2.05) is 12.1 Å². The van der Waals surface area contributed by atoms with Crippen molar-refractivity contribution in [2.75, 3.05) is 6.54 Å². The first-order valence-corrected chi connectivity index (χ1v) is 5.13. The van der Waals surface area contributed by atoms with Crippen LogP contribution in [0, 0.1) is 0 Å².